The summed E-state index contributed by atoms with van der Waals surface area (Å²) in [5, 5.41) is 0.860. The van der Waals surface area contributed by atoms with Crippen LogP contribution in [-0.2, 0) is 9.47 Å². The molecule has 1 amide bonds. The highest BCUT2D eigenvalue weighted by atomic mass is 16.7. The van der Waals surface area contributed by atoms with Crippen molar-refractivity contribution in [2.45, 2.75) is 19.1 Å². The fourth-order valence-corrected chi connectivity index (χ4v) is 4.94. The molecule has 1 atom stereocenters. The minimum Gasteiger partial charge on any atom is -0.486 e. The fraction of sp³-hybridized carbons (Fsp3) is 0.385. The van der Waals surface area contributed by atoms with Crippen molar-refractivity contribution >= 4 is 16.8 Å². The van der Waals surface area contributed by atoms with Crippen molar-refractivity contribution in [2.24, 2.45) is 5.92 Å². The number of rotatable bonds is 3. The number of hydrogen-bond donors (Lipinski definition) is 0. The smallest absolute Gasteiger partial charge is 0.254 e. The number of carbonyl (C=O) groups excluding carboxylic acids is 1. The highest BCUT2D eigenvalue weighted by molar-refractivity contribution is 6.07. The average Bonchev–Trinajstić information content (AvgIpc) is 3.43. The predicted octanol–water partition coefficient (Wildman–Crippen LogP) is 3.90. The summed E-state index contributed by atoms with van der Waals surface area (Å²) in [4.78, 5) is 20.6. The van der Waals surface area contributed by atoms with Gasteiger partial charge >= 0.3 is 0 Å². The third kappa shape index (κ3) is 3.92. The zero-order valence-corrected chi connectivity index (χ0v) is 18.4. The average molecular weight is 447 g/mol. The molecular formula is C26H26N2O5. The molecule has 2 aromatic carbocycles. The lowest BCUT2D eigenvalue weighted by atomic mass is 9.96. The number of hydrogen-bond acceptors (Lipinski definition) is 6. The number of aromatic nitrogens is 1. The molecule has 1 aromatic heterocycles. The first kappa shape index (κ1) is 20.4. The van der Waals surface area contributed by atoms with Gasteiger partial charge in [0, 0.05) is 30.0 Å². The van der Waals surface area contributed by atoms with Gasteiger partial charge in [-0.2, -0.15) is 0 Å². The van der Waals surface area contributed by atoms with E-state index < -0.39 is 0 Å². The van der Waals surface area contributed by atoms with Gasteiger partial charge in [-0.25, -0.2) is 4.98 Å². The Kier molecular flexibility index (Phi) is 5.36. The zero-order chi connectivity index (χ0) is 22.2. The van der Waals surface area contributed by atoms with Crippen LogP contribution in [0.4, 0.5) is 0 Å². The molecule has 3 aliphatic heterocycles. The van der Waals surface area contributed by atoms with Crippen molar-refractivity contribution in [2.75, 3.05) is 39.5 Å². The monoisotopic (exact) mass is 446 g/mol. The molecule has 3 aromatic rings. The van der Waals surface area contributed by atoms with Crippen LogP contribution in [0.15, 0.2) is 48.5 Å². The first-order valence-corrected chi connectivity index (χ1v) is 11.6. The minimum atomic E-state index is -0.206. The molecule has 170 valence electrons. The molecule has 0 radical (unpaired) electrons. The molecule has 4 heterocycles. The van der Waals surface area contributed by atoms with Gasteiger partial charge in [0.2, 0.25) is 0 Å². The molecule has 0 saturated carbocycles. The molecule has 1 unspecified atom stereocenters. The van der Waals surface area contributed by atoms with E-state index in [0.717, 1.165) is 47.3 Å². The molecule has 0 bridgehead atoms. The fourth-order valence-electron chi connectivity index (χ4n) is 4.94. The second-order valence-corrected chi connectivity index (χ2v) is 8.69. The summed E-state index contributed by atoms with van der Waals surface area (Å²) >= 11 is 0. The highest BCUT2D eigenvalue weighted by Gasteiger charge is 2.33. The second kappa shape index (κ2) is 8.65. The summed E-state index contributed by atoms with van der Waals surface area (Å²) < 4.78 is 22.9. The summed E-state index contributed by atoms with van der Waals surface area (Å²) in [7, 11) is 0. The Hall–Kier alpha value is -3.16. The normalized spacial score (nSPS) is 20.8. The lowest BCUT2D eigenvalue weighted by molar-refractivity contribution is -0.0969. The summed E-state index contributed by atoms with van der Waals surface area (Å²) in [5.74, 6) is 1.67. The van der Waals surface area contributed by atoms with E-state index in [1.54, 1.807) is 0 Å². The minimum absolute atomic E-state index is 0.0232. The summed E-state index contributed by atoms with van der Waals surface area (Å²) in [6, 6.07) is 15.5. The van der Waals surface area contributed by atoms with E-state index in [9.17, 15) is 4.79 Å². The Morgan fingerprint density at radius 2 is 1.76 bits per heavy atom. The SMILES string of the molecule is O=C(c1cc(-c2ccc3c(c2)OCCO3)nc2ccccc12)N1CCCC(C2OCCO2)C1. The van der Waals surface area contributed by atoms with Gasteiger partial charge in [0.15, 0.2) is 17.8 Å². The first-order valence-electron chi connectivity index (χ1n) is 11.6. The van der Waals surface area contributed by atoms with Gasteiger partial charge in [0.1, 0.15) is 13.2 Å². The summed E-state index contributed by atoms with van der Waals surface area (Å²) in [6.07, 6.45) is 1.74. The van der Waals surface area contributed by atoms with Crippen LogP contribution in [0.3, 0.4) is 0 Å². The van der Waals surface area contributed by atoms with Crippen molar-refractivity contribution in [1.29, 1.82) is 0 Å². The van der Waals surface area contributed by atoms with Crippen LogP contribution < -0.4 is 9.47 Å². The van der Waals surface area contributed by atoms with Gasteiger partial charge in [0.25, 0.3) is 5.91 Å². The van der Waals surface area contributed by atoms with E-state index in [4.69, 9.17) is 23.9 Å². The quantitative estimate of drug-likeness (QED) is 0.608. The zero-order valence-electron chi connectivity index (χ0n) is 18.4. The Morgan fingerprint density at radius 1 is 0.939 bits per heavy atom. The van der Waals surface area contributed by atoms with Gasteiger partial charge in [-0.15, -0.1) is 0 Å². The maximum atomic E-state index is 13.8. The van der Waals surface area contributed by atoms with Crippen molar-refractivity contribution in [3.8, 4) is 22.8 Å². The van der Waals surface area contributed by atoms with Gasteiger partial charge in [-0.05, 0) is 43.2 Å². The van der Waals surface area contributed by atoms with Crippen molar-refractivity contribution in [1.82, 2.24) is 9.88 Å². The lowest BCUT2D eigenvalue weighted by Gasteiger charge is -2.35. The number of carbonyl (C=O) groups is 1. The number of nitrogens with zero attached hydrogens (tertiary/aromatic N) is 2. The van der Waals surface area contributed by atoms with E-state index in [-0.39, 0.29) is 18.1 Å². The Morgan fingerprint density at radius 3 is 2.64 bits per heavy atom. The highest BCUT2D eigenvalue weighted by Crippen LogP contribution is 2.35. The first-order chi connectivity index (χ1) is 16.3. The standard InChI is InChI=1S/C26H26N2O5/c29-25(28-9-3-4-18(16-28)26-32-12-13-33-26)20-15-22(27-21-6-2-1-5-19(20)21)17-7-8-23-24(14-17)31-11-10-30-23/h1-2,5-8,14-15,18,26H,3-4,9-13,16H2. The Balaban J connectivity index is 1.36. The predicted molar refractivity (Wildman–Crippen MR) is 122 cm³/mol. The lowest BCUT2D eigenvalue weighted by Crippen LogP contribution is -2.43. The van der Waals surface area contributed by atoms with Crippen LogP contribution in [0.25, 0.3) is 22.2 Å². The number of amides is 1. The maximum Gasteiger partial charge on any atom is 0.254 e. The third-order valence-corrected chi connectivity index (χ3v) is 6.56. The number of pyridine rings is 1. The van der Waals surface area contributed by atoms with Crippen molar-refractivity contribution < 1.29 is 23.7 Å². The molecule has 3 aliphatic rings. The number of para-hydroxylation sites is 1. The van der Waals surface area contributed by atoms with E-state index in [1.807, 2.05) is 53.4 Å². The Labute approximate surface area is 192 Å². The van der Waals surface area contributed by atoms with Crippen LogP contribution in [0.1, 0.15) is 23.2 Å². The molecule has 6 rings (SSSR count). The molecule has 0 N–H and O–H groups in total. The largest absolute Gasteiger partial charge is 0.486 e. The van der Waals surface area contributed by atoms with Crippen molar-refractivity contribution in [3.05, 3.63) is 54.1 Å². The topological polar surface area (TPSA) is 70.1 Å². The number of benzene rings is 2. The van der Waals surface area contributed by atoms with Crippen LogP contribution in [0.2, 0.25) is 0 Å². The van der Waals surface area contributed by atoms with E-state index in [0.29, 0.717) is 44.3 Å². The summed E-state index contributed by atoms with van der Waals surface area (Å²) in [5.41, 5.74) is 3.09. The molecule has 0 spiro atoms. The van der Waals surface area contributed by atoms with E-state index in [2.05, 4.69) is 0 Å². The molecule has 33 heavy (non-hydrogen) atoms. The summed E-state index contributed by atoms with van der Waals surface area (Å²) in [6.45, 7) is 3.70. The molecule has 2 fully saturated rings. The van der Waals surface area contributed by atoms with Crippen LogP contribution >= 0.6 is 0 Å². The van der Waals surface area contributed by atoms with Crippen LogP contribution in [-0.4, -0.2) is 61.6 Å². The number of piperidine rings is 1. The third-order valence-electron chi connectivity index (χ3n) is 6.56. The number of ether oxygens (including phenoxy) is 4. The number of fused-ring (bicyclic) bond motifs is 2. The van der Waals surface area contributed by atoms with E-state index >= 15 is 0 Å². The van der Waals surface area contributed by atoms with E-state index in [1.165, 1.54) is 0 Å². The van der Waals surface area contributed by atoms with Crippen LogP contribution in [0, 0.1) is 5.92 Å². The van der Waals surface area contributed by atoms with Gasteiger partial charge in [-0.1, -0.05) is 18.2 Å². The molecular weight excluding hydrogens is 420 g/mol. The van der Waals surface area contributed by atoms with Gasteiger partial charge in [-0.3, -0.25) is 4.79 Å². The Bertz CT molecular complexity index is 1190. The molecule has 7 heteroatoms. The number of likely N-dealkylation sites (tertiary alicyclic amines) is 1. The van der Waals surface area contributed by atoms with Gasteiger partial charge < -0.3 is 23.8 Å². The van der Waals surface area contributed by atoms with Crippen molar-refractivity contribution in [3.63, 3.8) is 0 Å². The van der Waals surface area contributed by atoms with Gasteiger partial charge in [0.05, 0.1) is 30.0 Å². The molecule has 2 saturated heterocycles. The molecule has 7 nitrogen and oxygen atoms in total. The second-order valence-electron chi connectivity index (χ2n) is 8.69. The molecule has 0 aliphatic carbocycles. The van der Waals surface area contributed by atoms with Crippen LogP contribution in [0.5, 0.6) is 11.5 Å². The maximum absolute atomic E-state index is 13.8.